The molecule has 0 aromatic heterocycles. The molecule has 0 radical (unpaired) electrons. The van der Waals surface area contributed by atoms with Crippen molar-refractivity contribution in [3.05, 3.63) is 34.9 Å². The maximum Gasteiger partial charge on any atom is 0.0937 e. The van der Waals surface area contributed by atoms with Crippen LogP contribution in [0.15, 0.2) is 24.3 Å². The molecular weight excluding hydrogens is 303 g/mol. The lowest BCUT2D eigenvalue weighted by molar-refractivity contribution is 0.0141. The fourth-order valence-corrected chi connectivity index (χ4v) is 2.24. The summed E-state index contributed by atoms with van der Waals surface area (Å²) < 4.78 is 11.1. The smallest absolute Gasteiger partial charge is 0.0937 e. The van der Waals surface area contributed by atoms with Gasteiger partial charge in [-0.25, -0.2) is 0 Å². The Kier molecular flexibility index (Phi) is 7.86. The van der Waals surface area contributed by atoms with Crippen LogP contribution < -0.4 is 0 Å². The van der Waals surface area contributed by atoms with Crippen molar-refractivity contribution in [1.82, 2.24) is 0 Å². The third-order valence-corrected chi connectivity index (χ3v) is 3.22. The average Bonchev–Trinajstić information content (AvgIpc) is 2.35. The zero-order chi connectivity index (χ0) is 12.5. The predicted molar refractivity (Wildman–Crippen MR) is 75.0 cm³/mol. The van der Waals surface area contributed by atoms with Crippen molar-refractivity contribution in [2.75, 3.05) is 25.2 Å². The number of rotatable bonds is 8. The van der Waals surface area contributed by atoms with Crippen LogP contribution in [0.1, 0.15) is 25.0 Å². The van der Waals surface area contributed by atoms with Crippen LogP contribution in [0.5, 0.6) is 0 Å². The maximum absolute atomic E-state index is 6.13. The van der Waals surface area contributed by atoms with Crippen LogP contribution in [0.4, 0.5) is 0 Å². The van der Waals surface area contributed by atoms with Gasteiger partial charge in [-0.15, -0.1) is 0 Å². The average molecular weight is 322 g/mol. The Hall–Kier alpha value is -0.0900. The van der Waals surface area contributed by atoms with Gasteiger partial charge < -0.3 is 9.47 Å². The number of hydrogen-bond donors (Lipinski definition) is 0. The number of halogens is 2. The molecule has 0 N–H and O–H groups in total. The summed E-state index contributed by atoms with van der Waals surface area (Å²) in [5.74, 6) is 0. The van der Waals surface area contributed by atoms with Crippen LogP contribution in [0.25, 0.3) is 0 Å². The third kappa shape index (κ3) is 5.38. The van der Waals surface area contributed by atoms with E-state index in [2.05, 4.69) is 22.9 Å². The molecule has 0 aliphatic rings. The molecule has 2 nitrogen and oxygen atoms in total. The first-order valence-electron chi connectivity index (χ1n) is 5.79. The molecule has 0 bridgehead atoms. The highest BCUT2D eigenvalue weighted by Crippen LogP contribution is 2.26. The van der Waals surface area contributed by atoms with Gasteiger partial charge >= 0.3 is 0 Å². The first-order chi connectivity index (χ1) is 8.29. The first-order valence-corrected chi connectivity index (χ1v) is 7.29. The Morgan fingerprint density at radius 3 is 2.65 bits per heavy atom. The van der Waals surface area contributed by atoms with Crippen LogP contribution in [0, 0.1) is 0 Å². The summed E-state index contributed by atoms with van der Waals surface area (Å²) >= 11 is 9.57. The van der Waals surface area contributed by atoms with Crippen molar-refractivity contribution in [3.63, 3.8) is 0 Å². The van der Waals surface area contributed by atoms with E-state index in [-0.39, 0.29) is 6.10 Å². The molecule has 0 fully saturated rings. The summed E-state index contributed by atoms with van der Waals surface area (Å²) in [7, 11) is 0. The normalized spacial score (nSPS) is 12.6. The van der Waals surface area contributed by atoms with E-state index in [0.717, 1.165) is 28.9 Å². The molecule has 1 unspecified atom stereocenters. The Balaban J connectivity index is 2.41. The van der Waals surface area contributed by atoms with Gasteiger partial charge in [0.25, 0.3) is 0 Å². The van der Waals surface area contributed by atoms with Crippen molar-refractivity contribution < 1.29 is 9.47 Å². The molecule has 1 atom stereocenters. The Bertz CT molecular complexity index is 320. The second-order valence-electron chi connectivity index (χ2n) is 3.65. The summed E-state index contributed by atoms with van der Waals surface area (Å²) in [6, 6.07) is 7.75. The van der Waals surface area contributed by atoms with Gasteiger partial charge in [-0.2, -0.15) is 0 Å². The van der Waals surface area contributed by atoms with Crippen LogP contribution >= 0.6 is 27.5 Å². The lowest BCUT2D eigenvalue weighted by Gasteiger charge is -2.17. The molecule has 0 aliphatic heterocycles. The van der Waals surface area contributed by atoms with Gasteiger partial charge in [0.15, 0.2) is 0 Å². The molecule has 0 saturated carbocycles. The minimum absolute atomic E-state index is 0.0195. The summed E-state index contributed by atoms with van der Waals surface area (Å²) in [5, 5.41) is 1.47. The summed E-state index contributed by atoms with van der Waals surface area (Å²) in [4.78, 5) is 0. The molecular formula is C13H18BrClO2. The highest BCUT2D eigenvalue weighted by atomic mass is 79.9. The molecule has 0 saturated heterocycles. The minimum atomic E-state index is -0.0195. The Labute approximate surface area is 116 Å². The lowest BCUT2D eigenvalue weighted by atomic mass is 10.1. The van der Waals surface area contributed by atoms with Gasteiger partial charge in [0.1, 0.15) is 0 Å². The fourth-order valence-electron chi connectivity index (χ4n) is 1.45. The van der Waals surface area contributed by atoms with Gasteiger partial charge in [0.2, 0.25) is 0 Å². The van der Waals surface area contributed by atoms with Gasteiger partial charge in [-0.3, -0.25) is 0 Å². The SMILES string of the molecule is CCCOCCOC(CBr)c1ccccc1Cl. The molecule has 0 aliphatic carbocycles. The molecule has 17 heavy (non-hydrogen) atoms. The Morgan fingerprint density at radius 2 is 2.00 bits per heavy atom. The summed E-state index contributed by atoms with van der Waals surface area (Å²) in [6.45, 7) is 4.09. The number of alkyl halides is 1. The highest BCUT2D eigenvalue weighted by Gasteiger charge is 2.13. The standard InChI is InChI=1S/C13H18BrClO2/c1-2-7-16-8-9-17-13(10-14)11-5-3-4-6-12(11)15/h3-6,13H,2,7-10H2,1H3. The number of benzene rings is 1. The first kappa shape index (κ1) is 15.0. The van der Waals surface area contributed by atoms with Crippen molar-refractivity contribution in [1.29, 1.82) is 0 Å². The van der Waals surface area contributed by atoms with Gasteiger partial charge in [-0.05, 0) is 12.5 Å². The van der Waals surface area contributed by atoms with E-state index >= 15 is 0 Å². The van der Waals surface area contributed by atoms with Crippen molar-refractivity contribution >= 4 is 27.5 Å². The monoisotopic (exact) mass is 320 g/mol. The quantitative estimate of drug-likeness (QED) is 0.527. The Morgan fingerprint density at radius 1 is 1.24 bits per heavy atom. The van der Waals surface area contributed by atoms with Crippen LogP contribution in [-0.2, 0) is 9.47 Å². The van der Waals surface area contributed by atoms with Gasteiger partial charge in [0.05, 0.1) is 19.3 Å². The zero-order valence-electron chi connectivity index (χ0n) is 9.99. The van der Waals surface area contributed by atoms with E-state index < -0.39 is 0 Å². The second kappa shape index (κ2) is 8.92. The highest BCUT2D eigenvalue weighted by molar-refractivity contribution is 9.09. The minimum Gasteiger partial charge on any atom is -0.379 e. The molecule has 4 heteroatoms. The topological polar surface area (TPSA) is 18.5 Å². The van der Waals surface area contributed by atoms with E-state index in [1.165, 1.54) is 0 Å². The number of hydrogen-bond acceptors (Lipinski definition) is 2. The molecule has 0 heterocycles. The van der Waals surface area contributed by atoms with E-state index in [1.54, 1.807) is 0 Å². The predicted octanol–water partition coefficient (Wildman–Crippen LogP) is 4.22. The molecule has 1 aromatic rings. The van der Waals surface area contributed by atoms with Crippen molar-refractivity contribution in [3.8, 4) is 0 Å². The summed E-state index contributed by atoms with van der Waals surface area (Å²) in [5.41, 5.74) is 1.02. The number of ether oxygens (including phenoxy) is 2. The lowest BCUT2D eigenvalue weighted by Crippen LogP contribution is -2.11. The maximum atomic E-state index is 6.13. The van der Waals surface area contributed by atoms with E-state index in [1.807, 2.05) is 24.3 Å². The van der Waals surface area contributed by atoms with Gasteiger partial charge in [0, 0.05) is 22.5 Å². The van der Waals surface area contributed by atoms with Gasteiger partial charge in [-0.1, -0.05) is 52.7 Å². The van der Waals surface area contributed by atoms with E-state index in [9.17, 15) is 0 Å². The van der Waals surface area contributed by atoms with Crippen molar-refractivity contribution in [2.24, 2.45) is 0 Å². The second-order valence-corrected chi connectivity index (χ2v) is 4.70. The fraction of sp³-hybridized carbons (Fsp3) is 0.538. The van der Waals surface area contributed by atoms with E-state index in [0.29, 0.717) is 13.2 Å². The largest absolute Gasteiger partial charge is 0.379 e. The van der Waals surface area contributed by atoms with Crippen LogP contribution in [0.2, 0.25) is 5.02 Å². The molecule has 0 amide bonds. The van der Waals surface area contributed by atoms with Crippen LogP contribution in [-0.4, -0.2) is 25.2 Å². The van der Waals surface area contributed by atoms with E-state index in [4.69, 9.17) is 21.1 Å². The zero-order valence-corrected chi connectivity index (χ0v) is 12.3. The van der Waals surface area contributed by atoms with Crippen molar-refractivity contribution in [2.45, 2.75) is 19.4 Å². The molecule has 96 valence electrons. The van der Waals surface area contributed by atoms with Crippen LogP contribution in [0.3, 0.4) is 0 Å². The molecule has 0 spiro atoms. The third-order valence-electron chi connectivity index (χ3n) is 2.29. The molecule has 1 aromatic carbocycles. The molecule has 1 rings (SSSR count). The summed E-state index contributed by atoms with van der Waals surface area (Å²) in [6.07, 6.45) is 1.01.